The summed E-state index contributed by atoms with van der Waals surface area (Å²) in [7, 11) is 0. The molecular weight excluding hydrogens is 440 g/mol. The first-order chi connectivity index (χ1) is 17.1. The molecule has 1 unspecified atom stereocenters. The second-order valence-corrected chi connectivity index (χ2v) is 10.2. The van der Waals surface area contributed by atoms with Gasteiger partial charge in [0.1, 0.15) is 6.61 Å². The third-order valence-corrected chi connectivity index (χ3v) is 6.65. The Hall–Kier alpha value is -1.10. The van der Waals surface area contributed by atoms with Gasteiger partial charge in [-0.2, -0.15) is 0 Å². The standard InChI is InChI=1S/C30H58O5/c1-3-5-7-9-11-13-14-15-16-17-19-21-23-25-30(33)35-28(26-31)27-34-29(32)24-22-20-18-12-10-8-6-4-2/h28,31H,3-27H2,1-2H3. The molecule has 0 rings (SSSR count). The molecule has 0 aliphatic carbocycles. The quantitative estimate of drug-likeness (QED) is 0.0908. The SMILES string of the molecule is CCCCCCCCCCCCCCCC(=O)OC(CO)COC(=O)CCCCCCCCCC. The van der Waals surface area contributed by atoms with E-state index in [0.717, 1.165) is 38.5 Å². The van der Waals surface area contributed by atoms with Gasteiger partial charge in [-0.25, -0.2) is 0 Å². The van der Waals surface area contributed by atoms with Crippen molar-refractivity contribution in [2.75, 3.05) is 13.2 Å². The van der Waals surface area contributed by atoms with Gasteiger partial charge in [0.25, 0.3) is 0 Å². The number of hydrogen-bond donors (Lipinski definition) is 1. The number of aliphatic hydroxyl groups excluding tert-OH is 1. The highest BCUT2D eigenvalue weighted by atomic mass is 16.6. The van der Waals surface area contributed by atoms with E-state index in [1.54, 1.807) is 0 Å². The lowest BCUT2D eigenvalue weighted by molar-refractivity contribution is -0.161. The van der Waals surface area contributed by atoms with Crippen LogP contribution in [0.5, 0.6) is 0 Å². The summed E-state index contributed by atoms with van der Waals surface area (Å²) in [6, 6.07) is 0. The molecule has 0 amide bonds. The average molecular weight is 499 g/mol. The molecule has 0 heterocycles. The van der Waals surface area contributed by atoms with Crippen molar-refractivity contribution in [3.63, 3.8) is 0 Å². The molecule has 0 aromatic rings. The lowest BCUT2D eigenvalue weighted by atomic mass is 10.0. The summed E-state index contributed by atoms with van der Waals surface area (Å²) in [5.74, 6) is -0.590. The Kier molecular flexibility index (Phi) is 26.6. The van der Waals surface area contributed by atoms with Crippen molar-refractivity contribution in [3.05, 3.63) is 0 Å². The van der Waals surface area contributed by atoms with E-state index in [9.17, 15) is 14.7 Å². The van der Waals surface area contributed by atoms with E-state index in [4.69, 9.17) is 9.47 Å². The van der Waals surface area contributed by atoms with Crippen molar-refractivity contribution >= 4 is 11.9 Å². The van der Waals surface area contributed by atoms with Crippen LogP contribution in [0.2, 0.25) is 0 Å². The maximum Gasteiger partial charge on any atom is 0.306 e. The van der Waals surface area contributed by atoms with E-state index in [1.807, 2.05) is 0 Å². The molecule has 35 heavy (non-hydrogen) atoms. The van der Waals surface area contributed by atoms with Gasteiger partial charge in [0.05, 0.1) is 6.61 Å². The number of hydrogen-bond acceptors (Lipinski definition) is 5. The highest BCUT2D eigenvalue weighted by Crippen LogP contribution is 2.14. The van der Waals surface area contributed by atoms with Crippen molar-refractivity contribution in [3.8, 4) is 0 Å². The highest BCUT2D eigenvalue weighted by Gasteiger charge is 2.16. The molecule has 1 atom stereocenters. The molecule has 0 radical (unpaired) electrons. The number of carbonyl (C=O) groups is 2. The summed E-state index contributed by atoms with van der Waals surface area (Å²) < 4.78 is 10.5. The van der Waals surface area contributed by atoms with Crippen molar-refractivity contribution < 1.29 is 24.2 Å². The van der Waals surface area contributed by atoms with E-state index < -0.39 is 6.10 Å². The molecule has 1 N–H and O–H groups in total. The Morgan fingerprint density at radius 2 is 0.886 bits per heavy atom. The first-order valence-corrected chi connectivity index (χ1v) is 15.1. The Bertz CT molecular complexity index is 466. The predicted molar refractivity (Wildman–Crippen MR) is 145 cm³/mol. The molecule has 0 fully saturated rings. The molecule has 0 bridgehead atoms. The lowest BCUT2D eigenvalue weighted by Gasteiger charge is -2.15. The Morgan fingerprint density at radius 3 is 1.26 bits per heavy atom. The first-order valence-electron chi connectivity index (χ1n) is 15.1. The van der Waals surface area contributed by atoms with E-state index in [1.165, 1.54) is 96.3 Å². The van der Waals surface area contributed by atoms with Gasteiger partial charge in [0.15, 0.2) is 6.10 Å². The molecule has 0 spiro atoms. The van der Waals surface area contributed by atoms with Crippen molar-refractivity contribution in [2.45, 2.75) is 168 Å². The summed E-state index contributed by atoms with van der Waals surface area (Å²) in [6.45, 7) is 4.09. The second kappa shape index (κ2) is 27.5. The van der Waals surface area contributed by atoms with Gasteiger partial charge >= 0.3 is 11.9 Å². The summed E-state index contributed by atoms with van der Waals surface area (Å²) in [5.41, 5.74) is 0. The minimum atomic E-state index is -0.757. The van der Waals surface area contributed by atoms with Gasteiger partial charge in [0, 0.05) is 12.8 Å². The minimum absolute atomic E-state index is 0.0588. The molecule has 0 aromatic carbocycles. The largest absolute Gasteiger partial charge is 0.462 e. The number of esters is 2. The van der Waals surface area contributed by atoms with Crippen LogP contribution < -0.4 is 0 Å². The van der Waals surface area contributed by atoms with Crippen LogP contribution in [0, 0.1) is 0 Å². The third kappa shape index (κ3) is 25.8. The molecule has 5 nitrogen and oxygen atoms in total. The summed E-state index contributed by atoms with van der Waals surface area (Å²) in [4.78, 5) is 23.9. The maximum atomic E-state index is 12.0. The van der Waals surface area contributed by atoms with Crippen LogP contribution >= 0.6 is 0 Å². The molecule has 0 saturated carbocycles. The number of unbranched alkanes of at least 4 members (excludes halogenated alkanes) is 19. The van der Waals surface area contributed by atoms with E-state index in [0.29, 0.717) is 12.8 Å². The minimum Gasteiger partial charge on any atom is -0.462 e. The maximum absolute atomic E-state index is 12.0. The summed E-state index contributed by atoms with van der Waals surface area (Å²) in [6.07, 6.45) is 25.8. The van der Waals surface area contributed by atoms with Crippen LogP contribution in [0.3, 0.4) is 0 Å². The first kappa shape index (κ1) is 33.9. The zero-order valence-corrected chi connectivity index (χ0v) is 23.3. The number of ether oxygens (including phenoxy) is 2. The van der Waals surface area contributed by atoms with Crippen LogP contribution in [0.4, 0.5) is 0 Å². The van der Waals surface area contributed by atoms with Gasteiger partial charge in [-0.05, 0) is 12.8 Å². The molecule has 0 saturated heterocycles. The average Bonchev–Trinajstić information content (AvgIpc) is 2.86. The smallest absolute Gasteiger partial charge is 0.306 e. The van der Waals surface area contributed by atoms with Crippen LogP contribution in [-0.2, 0) is 19.1 Å². The number of rotatable bonds is 27. The van der Waals surface area contributed by atoms with Crippen molar-refractivity contribution in [2.24, 2.45) is 0 Å². The molecule has 0 aliphatic heterocycles. The lowest BCUT2D eigenvalue weighted by Crippen LogP contribution is -2.28. The molecule has 5 heteroatoms. The second-order valence-electron chi connectivity index (χ2n) is 10.2. The molecular formula is C30H58O5. The van der Waals surface area contributed by atoms with Crippen LogP contribution in [0.15, 0.2) is 0 Å². The van der Waals surface area contributed by atoms with Crippen molar-refractivity contribution in [1.29, 1.82) is 0 Å². The Labute approximate surface area is 217 Å². The molecule has 0 aliphatic rings. The number of aliphatic hydroxyl groups is 1. The van der Waals surface area contributed by atoms with Crippen LogP contribution in [0.25, 0.3) is 0 Å². The van der Waals surface area contributed by atoms with Gasteiger partial charge in [-0.1, -0.05) is 136 Å². The Balaban J connectivity index is 3.56. The van der Waals surface area contributed by atoms with Crippen LogP contribution in [0.1, 0.15) is 162 Å². The van der Waals surface area contributed by atoms with Crippen LogP contribution in [-0.4, -0.2) is 36.4 Å². The number of carbonyl (C=O) groups excluding carboxylic acids is 2. The highest BCUT2D eigenvalue weighted by molar-refractivity contribution is 5.70. The fourth-order valence-electron chi connectivity index (χ4n) is 4.32. The fourth-order valence-corrected chi connectivity index (χ4v) is 4.32. The van der Waals surface area contributed by atoms with Gasteiger partial charge in [-0.3, -0.25) is 9.59 Å². The fraction of sp³-hybridized carbons (Fsp3) is 0.933. The third-order valence-electron chi connectivity index (χ3n) is 6.65. The van der Waals surface area contributed by atoms with Gasteiger partial charge in [0.2, 0.25) is 0 Å². The molecule has 208 valence electrons. The van der Waals surface area contributed by atoms with E-state index in [-0.39, 0.29) is 25.2 Å². The molecule has 0 aromatic heterocycles. The summed E-state index contributed by atoms with van der Waals surface area (Å²) in [5, 5.41) is 9.44. The van der Waals surface area contributed by atoms with E-state index in [2.05, 4.69) is 13.8 Å². The van der Waals surface area contributed by atoms with Gasteiger partial charge in [-0.15, -0.1) is 0 Å². The normalized spacial score (nSPS) is 12.0. The topological polar surface area (TPSA) is 72.8 Å². The predicted octanol–water partition coefficient (Wildman–Crippen LogP) is 8.45. The monoisotopic (exact) mass is 498 g/mol. The van der Waals surface area contributed by atoms with Gasteiger partial charge < -0.3 is 14.6 Å². The zero-order chi connectivity index (χ0) is 25.8. The summed E-state index contributed by atoms with van der Waals surface area (Å²) >= 11 is 0. The zero-order valence-electron chi connectivity index (χ0n) is 23.3. The van der Waals surface area contributed by atoms with E-state index >= 15 is 0 Å². The Morgan fingerprint density at radius 1 is 0.543 bits per heavy atom. The van der Waals surface area contributed by atoms with Crippen molar-refractivity contribution in [1.82, 2.24) is 0 Å².